The van der Waals surface area contributed by atoms with Crippen LogP contribution in [0.25, 0.3) is 0 Å². The summed E-state index contributed by atoms with van der Waals surface area (Å²) in [6.07, 6.45) is 4.29. The predicted molar refractivity (Wildman–Crippen MR) is 107 cm³/mol. The molecule has 8 nitrogen and oxygen atoms in total. The first-order valence-electron chi connectivity index (χ1n) is 9.42. The average molecular weight is 396 g/mol. The molecule has 0 saturated carbocycles. The number of hydrogen-bond donors (Lipinski definition) is 3. The molecule has 29 heavy (non-hydrogen) atoms. The second-order valence-corrected chi connectivity index (χ2v) is 7.48. The Bertz CT molecular complexity index is 959. The second kappa shape index (κ2) is 8.30. The molecule has 1 aromatic carbocycles. The van der Waals surface area contributed by atoms with Gasteiger partial charge in [-0.1, -0.05) is 19.1 Å². The molecule has 0 aliphatic carbocycles. The van der Waals surface area contributed by atoms with E-state index in [1.54, 1.807) is 24.0 Å². The molecule has 1 fully saturated rings. The van der Waals surface area contributed by atoms with Crippen molar-refractivity contribution in [2.24, 2.45) is 11.7 Å². The van der Waals surface area contributed by atoms with Crippen molar-refractivity contribution in [2.45, 2.75) is 32.7 Å². The van der Waals surface area contributed by atoms with Crippen molar-refractivity contribution < 1.29 is 19.5 Å². The number of aryl methyl sites for hydroxylation is 1. The molecule has 0 radical (unpaired) electrons. The molecule has 1 aliphatic heterocycles. The summed E-state index contributed by atoms with van der Waals surface area (Å²) in [5.74, 6) is -1.68. The Balaban J connectivity index is 1.81. The number of benzene rings is 1. The van der Waals surface area contributed by atoms with Gasteiger partial charge in [0.1, 0.15) is 5.75 Å². The van der Waals surface area contributed by atoms with Gasteiger partial charge in [-0.2, -0.15) is 0 Å². The van der Waals surface area contributed by atoms with Crippen LogP contribution >= 0.6 is 0 Å². The van der Waals surface area contributed by atoms with Gasteiger partial charge in [-0.25, -0.2) is 0 Å². The molecule has 3 amide bonds. The fourth-order valence-corrected chi connectivity index (χ4v) is 3.57. The number of nitrogens with two attached hydrogens (primary N) is 1. The Labute approximate surface area is 168 Å². The van der Waals surface area contributed by atoms with Crippen molar-refractivity contribution >= 4 is 23.4 Å². The zero-order valence-electron chi connectivity index (χ0n) is 16.4. The minimum absolute atomic E-state index is 0.138. The van der Waals surface area contributed by atoms with Gasteiger partial charge in [0.15, 0.2) is 0 Å². The van der Waals surface area contributed by atoms with E-state index in [1.165, 1.54) is 18.5 Å². The van der Waals surface area contributed by atoms with Crippen molar-refractivity contribution in [3.63, 3.8) is 0 Å². The third-order valence-corrected chi connectivity index (χ3v) is 5.16. The number of phenols is 1. The van der Waals surface area contributed by atoms with Gasteiger partial charge in [-0.05, 0) is 48.9 Å². The van der Waals surface area contributed by atoms with E-state index < -0.39 is 17.7 Å². The fraction of sp³-hybridized carbons (Fsp3) is 0.333. The van der Waals surface area contributed by atoms with Crippen molar-refractivity contribution in [2.75, 3.05) is 11.9 Å². The molecule has 0 unspecified atom stereocenters. The van der Waals surface area contributed by atoms with E-state index in [2.05, 4.69) is 10.3 Å². The van der Waals surface area contributed by atoms with Gasteiger partial charge in [0.25, 0.3) is 0 Å². The summed E-state index contributed by atoms with van der Waals surface area (Å²) in [5, 5.41) is 12.3. The lowest BCUT2D eigenvalue weighted by Crippen LogP contribution is -2.46. The average Bonchev–Trinajstić information content (AvgIpc) is 2.69. The van der Waals surface area contributed by atoms with Gasteiger partial charge in [-0.3, -0.25) is 19.4 Å². The Morgan fingerprint density at radius 3 is 2.66 bits per heavy atom. The van der Waals surface area contributed by atoms with Crippen molar-refractivity contribution in [3.8, 4) is 5.75 Å². The predicted octanol–water partition coefficient (Wildman–Crippen LogP) is 2.13. The van der Waals surface area contributed by atoms with Gasteiger partial charge in [0.05, 0.1) is 23.5 Å². The molecule has 2 heterocycles. The molecule has 2 atom stereocenters. The van der Waals surface area contributed by atoms with Crippen LogP contribution < -0.4 is 11.1 Å². The number of carbonyl (C=O) groups excluding carboxylic acids is 3. The SMILES string of the molecule is Cc1cc([C@@H]2CC[C@@H](C)CN2C(=O)C(=O)Nc2cncc(C(N)=O)c2)ccc1O. The van der Waals surface area contributed by atoms with Crippen LogP contribution in [0.5, 0.6) is 5.75 Å². The van der Waals surface area contributed by atoms with E-state index in [1.807, 2.05) is 13.0 Å². The summed E-state index contributed by atoms with van der Waals surface area (Å²) in [6.45, 7) is 4.29. The number of aromatic nitrogens is 1. The van der Waals surface area contributed by atoms with Gasteiger partial charge in [0.2, 0.25) is 5.91 Å². The van der Waals surface area contributed by atoms with Crippen LogP contribution in [-0.2, 0) is 9.59 Å². The van der Waals surface area contributed by atoms with E-state index in [0.29, 0.717) is 12.1 Å². The number of phenolic OH excluding ortho intramolecular Hbond substituents is 1. The number of nitrogens with zero attached hydrogens (tertiary/aromatic N) is 2. The molecular formula is C21H24N4O4. The minimum Gasteiger partial charge on any atom is -0.508 e. The highest BCUT2D eigenvalue weighted by molar-refractivity contribution is 6.39. The van der Waals surface area contributed by atoms with Crippen LogP contribution in [0.15, 0.2) is 36.7 Å². The van der Waals surface area contributed by atoms with E-state index >= 15 is 0 Å². The highest BCUT2D eigenvalue weighted by Crippen LogP contribution is 2.35. The maximum Gasteiger partial charge on any atom is 0.313 e. The van der Waals surface area contributed by atoms with Crippen LogP contribution in [0.4, 0.5) is 5.69 Å². The molecule has 2 aromatic rings. The zero-order chi connectivity index (χ0) is 21.1. The van der Waals surface area contributed by atoms with E-state index in [9.17, 15) is 19.5 Å². The molecule has 152 valence electrons. The van der Waals surface area contributed by atoms with Gasteiger partial charge in [-0.15, -0.1) is 0 Å². The topological polar surface area (TPSA) is 126 Å². The van der Waals surface area contributed by atoms with Crippen LogP contribution in [0, 0.1) is 12.8 Å². The number of hydrogen-bond acceptors (Lipinski definition) is 5. The van der Waals surface area contributed by atoms with E-state index in [-0.39, 0.29) is 29.0 Å². The van der Waals surface area contributed by atoms with Crippen LogP contribution in [0.3, 0.4) is 0 Å². The van der Waals surface area contributed by atoms with E-state index in [0.717, 1.165) is 18.4 Å². The molecule has 3 rings (SSSR count). The Morgan fingerprint density at radius 1 is 1.21 bits per heavy atom. The summed E-state index contributed by atoms with van der Waals surface area (Å²) < 4.78 is 0. The summed E-state index contributed by atoms with van der Waals surface area (Å²) in [6, 6.07) is 6.35. The number of primary amides is 1. The largest absolute Gasteiger partial charge is 0.508 e. The highest BCUT2D eigenvalue weighted by Gasteiger charge is 2.34. The zero-order valence-corrected chi connectivity index (χ0v) is 16.4. The first-order valence-corrected chi connectivity index (χ1v) is 9.42. The number of anilines is 1. The highest BCUT2D eigenvalue weighted by atomic mass is 16.3. The minimum atomic E-state index is -0.803. The molecule has 4 N–H and O–H groups in total. The first-order chi connectivity index (χ1) is 13.8. The number of aromatic hydroxyl groups is 1. The quantitative estimate of drug-likeness (QED) is 0.685. The monoisotopic (exact) mass is 396 g/mol. The van der Waals surface area contributed by atoms with Gasteiger partial charge in [0, 0.05) is 12.7 Å². The number of amides is 3. The Kier molecular flexibility index (Phi) is 5.81. The number of piperidine rings is 1. The molecular weight excluding hydrogens is 372 g/mol. The Morgan fingerprint density at radius 2 is 1.97 bits per heavy atom. The number of nitrogens with one attached hydrogen (secondary N) is 1. The van der Waals surface area contributed by atoms with Crippen LogP contribution in [-0.4, -0.2) is 39.3 Å². The summed E-state index contributed by atoms with van der Waals surface area (Å²) >= 11 is 0. The van der Waals surface area contributed by atoms with Crippen molar-refractivity contribution in [1.82, 2.24) is 9.88 Å². The van der Waals surface area contributed by atoms with Crippen molar-refractivity contribution in [3.05, 3.63) is 53.3 Å². The number of pyridine rings is 1. The van der Waals surface area contributed by atoms with E-state index in [4.69, 9.17) is 5.73 Å². The third-order valence-electron chi connectivity index (χ3n) is 5.16. The lowest BCUT2D eigenvalue weighted by atomic mass is 9.89. The lowest BCUT2D eigenvalue weighted by molar-refractivity contribution is -0.146. The molecule has 0 spiro atoms. The van der Waals surface area contributed by atoms with Crippen molar-refractivity contribution in [1.29, 1.82) is 0 Å². The summed E-state index contributed by atoms with van der Waals surface area (Å²) in [7, 11) is 0. The molecule has 1 saturated heterocycles. The third kappa shape index (κ3) is 4.53. The number of carbonyl (C=O) groups is 3. The number of rotatable bonds is 3. The molecule has 8 heteroatoms. The van der Waals surface area contributed by atoms with Crippen LogP contribution in [0.1, 0.15) is 47.3 Å². The number of likely N-dealkylation sites (tertiary alicyclic amines) is 1. The molecule has 1 aliphatic rings. The Hall–Kier alpha value is -3.42. The summed E-state index contributed by atoms with van der Waals surface area (Å²) in [5.41, 5.74) is 7.18. The fourth-order valence-electron chi connectivity index (χ4n) is 3.57. The van der Waals surface area contributed by atoms with Gasteiger partial charge >= 0.3 is 11.8 Å². The van der Waals surface area contributed by atoms with Crippen LogP contribution in [0.2, 0.25) is 0 Å². The van der Waals surface area contributed by atoms with Gasteiger partial charge < -0.3 is 21.1 Å². The second-order valence-electron chi connectivity index (χ2n) is 7.48. The smallest absolute Gasteiger partial charge is 0.313 e. The first kappa shape index (κ1) is 20.3. The molecule has 0 bridgehead atoms. The maximum atomic E-state index is 13.0. The summed E-state index contributed by atoms with van der Waals surface area (Å²) in [4.78, 5) is 42.3. The standard InChI is InChI=1S/C21H24N4O4/c1-12-3-5-17(14-4-6-18(26)13(2)7-14)25(11-12)21(29)20(28)24-16-8-15(19(22)27)9-23-10-16/h4,6-10,12,17,26H,3,5,11H2,1-2H3,(H2,22,27)(H,24,28)/t12-,17+/m1/s1. The normalized spacial score (nSPS) is 18.9. The lowest BCUT2D eigenvalue weighted by Gasteiger charge is -2.38. The molecule has 1 aromatic heterocycles. The maximum absolute atomic E-state index is 13.0.